The third kappa shape index (κ3) is 2.95. The lowest BCUT2D eigenvalue weighted by Gasteiger charge is -2.39. The van der Waals surface area contributed by atoms with Crippen LogP contribution in [0.3, 0.4) is 0 Å². The smallest absolute Gasteiger partial charge is 0.156 e. The Morgan fingerprint density at radius 1 is 1.12 bits per heavy atom. The SMILES string of the molecule is Cc1cn2nc(C3=CC(=C4CC4)N4C=C(N5CCNC6(CC6)C5)C=CC4=N3)cc(C)c2n1. The first-order chi connectivity index (χ1) is 15.6. The number of amidine groups is 1. The number of fused-ring (bicyclic) bond motifs is 2. The topological polar surface area (TPSA) is 61.1 Å². The van der Waals surface area contributed by atoms with Crippen LogP contribution in [0, 0.1) is 13.8 Å². The third-order valence-electron chi connectivity index (χ3n) is 7.13. The van der Waals surface area contributed by atoms with Crippen LogP contribution in [0.25, 0.3) is 11.3 Å². The lowest BCUT2D eigenvalue weighted by Crippen LogP contribution is -2.52. The van der Waals surface area contributed by atoms with Crippen LogP contribution in [-0.2, 0) is 0 Å². The summed E-state index contributed by atoms with van der Waals surface area (Å²) in [7, 11) is 0. The molecule has 0 bridgehead atoms. The van der Waals surface area contributed by atoms with Crippen LogP contribution in [0.1, 0.15) is 42.6 Å². The molecule has 7 rings (SSSR count). The molecular formula is C25H27N7. The van der Waals surface area contributed by atoms with E-state index in [1.807, 2.05) is 17.6 Å². The number of nitrogens with one attached hydrogen (secondary N) is 1. The number of allylic oxidation sites excluding steroid dienone is 3. The maximum Gasteiger partial charge on any atom is 0.156 e. The highest BCUT2D eigenvalue weighted by molar-refractivity contribution is 6.02. The molecule has 5 heterocycles. The number of aromatic nitrogens is 3. The van der Waals surface area contributed by atoms with Crippen molar-refractivity contribution in [2.45, 2.75) is 45.1 Å². The van der Waals surface area contributed by atoms with Crippen LogP contribution >= 0.6 is 0 Å². The molecule has 0 unspecified atom stereocenters. The number of hydrogen-bond donors (Lipinski definition) is 1. The van der Waals surface area contributed by atoms with Crippen molar-refractivity contribution >= 4 is 17.2 Å². The predicted octanol–water partition coefficient (Wildman–Crippen LogP) is 3.30. The molecule has 3 aliphatic heterocycles. The molecule has 2 aromatic heterocycles. The average Bonchev–Trinajstić information content (AvgIpc) is 3.72. The van der Waals surface area contributed by atoms with E-state index in [4.69, 9.17) is 10.1 Å². The highest BCUT2D eigenvalue weighted by atomic mass is 15.3. The molecule has 1 saturated heterocycles. The lowest BCUT2D eigenvalue weighted by molar-refractivity contribution is 0.237. The van der Waals surface area contributed by atoms with Crippen molar-refractivity contribution in [2.24, 2.45) is 4.99 Å². The first-order valence-corrected chi connectivity index (χ1v) is 11.6. The summed E-state index contributed by atoms with van der Waals surface area (Å²) in [6.45, 7) is 7.31. The van der Waals surface area contributed by atoms with Gasteiger partial charge in [-0.25, -0.2) is 14.5 Å². The van der Waals surface area contributed by atoms with Crippen molar-refractivity contribution in [1.82, 2.24) is 29.7 Å². The van der Waals surface area contributed by atoms with Crippen molar-refractivity contribution in [3.05, 3.63) is 70.6 Å². The standard InChI is InChI=1S/C25H27N7/c1-16-11-21(29-32-13-17(2)27-24(16)32)20-12-22(18-3-4-18)31-14-19(5-6-23(31)28-20)30-10-9-26-25(15-30)7-8-25/h5-6,11-14,26H,3-4,7-10,15H2,1-2H3. The van der Waals surface area contributed by atoms with Gasteiger partial charge in [-0.15, -0.1) is 0 Å². The molecular weight excluding hydrogens is 398 g/mol. The Labute approximate surface area is 187 Å². The number of imidazole rings is 1. The van der Waals surface area contributed by atoms with Crippen LogP contribution in [0.4, 0.5) is 0 Å². The number of hydrogen-bond acceptors (Lipinski definition) is 6. The maximum atomic E-state index is 5.02. The summed E-state index contributed by atoms with van der Waals surface area (Å²) in [6, 6.07) is 2.10. The molecule has 2 aromatic rings. The molecule has 7 nitrogen and oxygen atoms in total. The highest BCUT2D eigenvalue weighted by Crippen LogP contribution is 2.41. The van der Waals surface area contributed by atoms with E-state index < -0.39 is 0 Å². The van der Waals surface area contributed by atoms with Gasteiger partial charge in [0.1, 0.15) is 11.5 Å². The van der Waals surface area contributed by atoms with Gasteiger partial charge >= 0.3 is 0 Å². The van der Waals surface area contributed by atoms with E-state index in [2.05, 4.69) is 57.5 Å². The zero-order valence-corrected chi connectivity index (χ0v) is 18.6. The molecule has 0 atom stereocenters. The minimum Gasteiger partial charge on any atom is -0.367 e. The van der Waals surface area contributed by atoms with Crippen molar-refractivity contribution in [3.63, 3.8) is 0 Å². The number of nitrogens with zero attached hydrogens (tertiary/aromatic N) is 6. The molecule has 3 fully saturated rings. The van der Waals surface area contributed by atoms with Gasteiger partial charge in [0.25, 0.3) is 0 Å². The van der Waals surface area contributed by atoms with Crippen molar-refractivity contribution in [3.8, 4) is 0 Å². The average molecular weight is 426 g/mol. The second-order valence-electron chi connectivity index (χ2n) is 9.74. The quantitative estimate of drug-likeness (QED) is 0.800. The minimum atomic E-state index is 0.363. The summed E-state index contributed by atoms with van der Waals surface area (Å²) in [6.07, 6.45) is 15.8. The number of aryl methyl sites for hydroxylation is 2. The fraction of sp³-hybridized carbons (Fsp3) is 0.400. The van der Waals surface area contributed by atoms with Crippen LogP contribution in [0.2, 0.25) is 0 Å². The van der Waals surface area contributed by atoms with Crippen molar-refractivity contribution in [1.29, 1.82) is 0 Å². The Kier molecular flexibility index (Phi) is 3.69. The molecule has 5 aliphatic rings. The van der Waals surface area contributed by atoms with Gasteiger partial charge in [-0.1, -0.05) is 0 Å². The second-order valence-corrected chi connectivity index (χ2v) is 9.74. The van der Waals surface area contributed by atoms with Gasteiger partial charge in [0, 0.05) is 37.1 Å². The summed E-state index contributed by atoms with van der Waals surface area (Å²) in [4.78, 5) is 14.4. The highest BCUT2D eigenvalue weighted by Gasteiger charge is 2.46. The molecule has 1 N–H and O–H groups in total. The first kappa shape index (κ1) is 18.4. The van der Waals surface area contributed by atoms with Gasteiger partial charge in [-0.2, -0.15) is 5.10 Å². The Morgan fingerprint density at radius 2 is 2.00 bits per heavy atom. The molecule has 32 heavy (non-hydrogen) atoms. The van der Waals surface area contributed by atoms with E-state index in [9.17, 15) is 0 Å². The lowest BCUT2D eigenvalue weighted by atomic mass is 10.1. The third-order valence-corrected chi connectivity index (χ3v) is 7.13. The summed E-state index contributed by atoms with van der Waals surface area (Å²) < 4.78 is 1.88. The largest absolute Gasteiger partial charge is 0.367 e. The Balaban J connectivity index is 1.26. The van der Waals surface area contributed by atoms with Crippen molar-refractivity contribution in [2.75, 3.05) is 19.6 Å². The van der Waals surface area contributed by atoms with Gasteiger partial charge in [-0.3, -0.25) is 4.90 Å². The molecule has 162 valence electrons. The second kappa shape index (κ2) is 6.42. The fourth-order valence-corrected chi connectivity index (χ4v) is 5.06. The summed E-state index contributed by atoms with van der Waals surface area (Å²) in [5.74, 6) is 0.971. The molecule has 0 amide bonds. The van der Waals surface area contributed by atoms with Crippen LogP contribution in [-0.4, -0.2) is 55.4 Å². The van der Waals surface area contributed by atoms with Crippen molar-refractivity contribution < 1.29 is 0 Å². The van der Waals surface area contributed by atoms with E-state index in [0.717, 1.165) is 53.8 Å². The number of aliphatic imine (C=N–C) groups is 1. The van der Waals surface area contributed by atoms with E-state index in [0.29, 0.717) is 5.54 Å². The van der Waals surface area contributed by atoms with Gasteiger partial charge in [-0.05, 0) is 75.0 Å². The normalized spacial score (nSPS) is 23.4. The fourth-order valence-electron chi connectivity index (χ4n) is 5.06. The van der Waals surface area contributed by atoms with Gasteiger partial charge in [0.2, 0.25) is 0 Å². The van der Waals surface area contributed by atoms with Crippen LogP contribution in [0.15, 0.2) is 58.7 Å². The maximum absolute atomic E-state index is 5.02. The molecule has 0 radical (unpaired) electrons. The van der Waals surface area contributed by atoms with Gasteiger partial charge in [0.05, 0.1) is 23.3 Å². The monoisotopic (exact) mass is 425 g/mol. The van der Waals surface area contributed by atoms with Gasteiger partial charge < -0.3 is 10.2 Å². The molecule has 1 spiro atoms. The predicted molar refractivity (Wildman–Crippen MR) is 125 cm³/mol. The Morgan fingerprint density at radius 3 is 2.81 bits per heavy atom. The summed E-state index contributed by atoms with van der Waals surface area (Å²) in [5.41, 5.74) is 9.22. The van der Waals surface area contributed by atoms with E-state index in [-0.39, 0.29) is 0 Å². The zero-order chi connectivity index (χ0) is 21.4. The Hall–Kier alpha value is -3.19. The summed E-state index contributed by atoms with van der Waals surface area (Å²) >= 11 is 0. The first-order valence-electron chi connectivity index (χ1n) is 11.6. The zero-order valence-electron chi connectivity index (χ0n) is 18.6. The Bertz CT molecular complexity index is 1310. The summed E-state index contributed by atoms with van der Waals surface area (Å²) in [5, 5.41) is 8.54. The molecule has 0 aromatic carbocycles. The van der Waals surface area contributed by atoms with E-state index >= 15 is 0 Å². The molecule has 7 heteroatoms. The van der Waals surface area contributed by atoms with E-state index in [1.54, 1.807) is 0 Å². The van der Waals surface area contributed by atoms with Gasteiger partial charge in [0.15, 0.2) is 5.65 Å². The van der Waals surface area contributed by atoms with E-state index in [1.165, 1.54) is 42.7 Å². The number of piperazine rings is 1. The minimum absolute atomic E-state index is 0.363. The van der Waals surface area contributed by atoms with Crippen LogP contribution in [0.5, 0.6) is 0 Å². The molecule has 2 aliphatic carbocycles. The van der Waals surface area contributed by atoms with Crippen LogP contribution < -0.4 is 5.32 Å². The molecule has 2 saturated carbocycles. The number of rotatable bonds is 2.